The molecule has 1 amide bonds. The van der Waals surface area contributed by atoms with Crippen LogP contribution in [0.4, 0.5) is 24.5 Å². The van der Waals surface area contributed by atoms with Crippen molar-refractivity contribution in [3.8, 4) is 0 Å². The largest absolute Gasteiger partial charge is 0.499 e. The summed E-state index contributed by atoms with van der Waals surface area (Å²) < 4.78 is 47.2. The maximum absolute atomic E-state index is 14.2. The Bertz CT molecular complexity index is 818. The smallest absolute Gasteiger partial charge is 0.277 e. The highest BCUT2D eigenvalue weighted by molar-refractivity contribution is 14.1. The average molecular weight is 478 g/mol. The van der Waals surface area contributed by atoms with Crippen LogP contribution in [0.25, 0.3) is 0 Å². The van der Waals surface area contributed by atoms with Gasteiger partial charge in [-0.25, -0.2) is 18.7 Å². The third-order valence-corrected chi connectivity index (χ3v) is 3.79. The summed E-state index contributed by atoms with van der Waals surface area (Å²) in [6.45, 7) is 3.49. The van der Waals surface area contributed by atoms with Gasteiger partial charge in [0.25, 0.3) is 5.91 Å². The highest BCUT2D eigenvalue weighted by Crippen LogP contribution is 2.28. The third kappa shape index (κ3) is 5.11. The van der Waals surface area contributed by atoms with E-state index in [4.69, 9.17) is 9.57 Å². The van der Waals surface area contributed by atoms with Gasteiger partial charge in [0.1, 0.15) is 19.0 Å². The van der Waals surface area contributed by atoms with Crippen molar-refractivity contribution in [2.45, 2.75) is 0 Å². The highest BCUT2D eigenvalue weighted by atomic mass is 127. The molecule has 0 radical (unpaired) electrons. The summed E-state index contributed by atoms with van der Waals surface area (Å²) in [5.74, 6) is -4.01. The van der Waals surface area contributed by atoms with E-state index in [9.17, 15) is 18.0 Å². The SMILES string of the molecule is C=COCCONC(=O)c1ccc(F)c(F)c1Nc1ccc(I)cc1F. The van der Waals surface area contributed by atoms with Crippen LogP contribution in [-0.4, -0.2) is 19.1 Å². The first-order chi connectivity index (χ1) is 12.4. The van der Waals surface area contributed by atoms with Crippen LogP contribution in [0.15, 0.2) is 43.2 Å². The van der Waals surface area contributed by atoms with E-state index < -0.39 is 29.0 Å². The number of halogens is 4. The Morgan fingerprint density at radius 3 is 2.62 bits per heavy atom. The number of carbonyl (C=O) groups is 1. The second-order valence-corrected chi connectivity index (χ2v) is 6.10. The van der Waals surface area contributed by atoms with E-state index in [-0.39, 0.29) is 24.5 Å². The topological polar surface area (TPSA) is 59.6 Å². The van der Waals surface area contributed by atoms with Crippen molar-refractivity contribution >= 4 is 39.9 Å². The molecule has 2 N–H and O–H groups in total. The van der Waals surface area contributed by atoms with Crippen LogP contribution >= 0.6 is 22.6 Å². The zero-order valence-corrected chi connectivity index (χ0v) is 15.5. The molecule has 9 heteroatoms. The summed E-state index contributed by atoms with van der Waals surface area (Å²) in [4.78, 5) is 17.0. The van der Waals surface area contributed by atoms with Crippen LogP contribution in [0.1, 0.15) is 10.4 Å². The fourth-order valence-electron chi connectivity index (χ4n) is 1.93. The van der Waals surface area contributed by atoms with Crippen molar-refractivity contribution in [1.29, 1.82) is 0 Å². The normalized spacial score (nSPS) is 10.3. The molecule has 0 fully saturated rings. The minimum Gasteiger partial charge on any atom is -0.499 e. The number of nitrogens with one attached hydrogen (secondary N) is 2. The van der Waals surface area contributed by atoms with Gasteiger partial charge in [-0.2, -0.15) is 0 Å². The van der Waals surface area contributed by atoms with Crippen LogP contribution in [0.2, 0.25) is 0 Å². The molecule has 0 aromatic heterocycles. The predicted molar refractivity (Wildman–Crippen MR) is 98.3 cm³/mol. The molecule has 0 saturated carbocycles. The van der Waals surface area contributed by atoms with Crippen LogP contribution in [0.5, 0.6) is 0 Å². The van der Waals surface area contributed by atoms with E-state index in [1.165, 1.54) is 18.4 Å². The van der Waals surface area contributed by atoms with Crippen molar-refractivity contribution in [2.24, 2.45) is 0 Å². The number of benzene rings is 2. The van der Waals surface area contributed by atoms with Crippen LogP contribution < -0.4 is 10.8 Å². The van der Waals surface area contributed by atoms with Crippen molar-refractivity contribution in [1.82, 2.24) is 5.48 Å². The quantitative estimate of drug-likeness (QED) is 0.258. The second kappa shape index (κ2) is 9.43. The Labute approximate surface area is 161 Å². The fourth-order valence-corrected chi connectivity index (χ4v) is 2.39. The Morgan fingerprint density at radius 2 is 1.92 bits per heavy atom. The predicted octanol–water partition coefficient (Wildman–Crippen LogP) is 4.27. The maximum Gasteiger partial charge on any atom is 0.277 e. The Balaban J connectivity index is 2.23. The monoisotopic (exact) mass is 478 g/mol. The van der Waals surface area contributed by atoms with E-state index in [0.29, 0.717) is 3.57 Å². The van der Waals surface area contributed by atoms with E-state index in [1.807, 2.05) is 22.6 Å². The average Bonchev–Trinajstić information content (AvgIpc) is 2.60. The fraction of sp³-hybridized carbons (Fsp3) is 0.118. The number of hydrogen-bond acceptors (Lipinski definition) is 4. The minimum atomic E-state index is -1.31. The number of ether oxygens (including phenoxy) is 1. The Hall–Kier alpha value is -2.27. The molecule has 5 nitrogen and oxygen atoms in total. The van der Waals surface area contributed by atoms with Crippen LogP contribution in [0.3, 0.4) is 0 Å². The van der Waals surface area contributed by atoms with Gasteiger partial charge in [0.05, 0.1) is 23.2 Å². The van der Waals surface area contributed by atoms with Crippen molar-refractivity contribution < 1.29 is 27.5 Å². The summed E-state index contributed by atoms with van der Waals surface area (Å²) in [6, 6.07) is 5.99. The van der Waals surface area contributed by atoms with Crippen molar-refractivity contribution in [3.05, 3.63) is 69.8 Å². The van der Waals surface area contributed by atoms with E-state index in [1.54, 1.807) is 6.07 Å². The van der Waals surface area contributed by atoms with Crippen LogP contribution in [0, 0.1) is 21.0 Å². The summed E-state index contributed by atoms with van der Waals surface area (Å²) in [5, 5.41) is 2.42. The van der Waals surface area contributed by atoms with E-state index >= 15 is 0 Å². The Morgan fingerprint density at radius 1 is 1.15 bits per heavy atom. The van der Waals surface area contributed by atoms with E-state index in [0.717, 1.165) is 12.1 Å². The first-order valence-corrected chi connectivity index (χ1v) is 8.36. The van der Waals surface area contributed by atoms with Gasteiger partial charge in [0.2, 0.25) is 0 Å². The molecule has 2 rings (SSSR count). The first kappa shape index (κ1) is 20.0. The molecule has 2 aromatic carbocycles. The second-order valence-electron chi connectivity index (χ2n) is 4.85. The lowest BCUT2D eigenvalue weighted by Gasteiger charge is -2.14. The molecule has 0 aliphatic carbocycles. The molecule has 138 valence electrons. The van der Waals surface area contributed by atoms with Crippen LogP contribution in [-0.2, 0) is 9.57 Å². The summed E-state index contributed by atoms with van der Waals surface area (Å²) in [6.07, 6.45) is 1.21. The van der Waals surface area contributed by atoms with Gasteiger partial charge in [0, 0.05) is 3.57 Å². The third-order valence-electron chi connectivity index (χ3n) is 3.12. The van der Waals surface area contributed by atoms with Crippen molar-refractivity contribution in [2.75, 3.05) is 18.5 Å². The maximum atomic E-state index is 14.2. The lowest BCUT2D eigenvalue weighted by Crippen LogP contribution is -2.26. The zero-order chi connectivity index (χ0) is 19.1. The summed E-state index contributed by atoms with van der Waals surface area (Å²) >= 11 is 1.91. The highest BCUT2D eigenvalue weighted by Gasteiger charge is 2.20. The number of carbonyl (C=O) groups excluding carboxylic acids is 1. The zero-order valence-electron chi connectivity index (χ0n) is 13.3. The summed E-state index contributed by atoms with van der Waals surface area (Å²) in [5.41, 5.74) is 1.21. The van der Waals surface area contributed by atoms with Gasteiger partial charge in [0.15, 0.2) is 11.6 Å². The van der Waals surface area contributed by atoms with Gasteiger partial charge < -0.3 is 10.1 Å². The molecule has 26 heavy (non-hydrogen) atoms. The molecule has 0 spiro atoms. The van der Waals surface area contributed by atoms with Gasteiger partial charge in [-0.15, -0.1) is 0 Å². The molecule has 2 aromatic rings. The molecule has 0 atom stereocenters. The number of anilines is 2. The first-order valence-electron chi connectivity index (χ1n) is 7.28. The van der Waals surface area contributed by atoms with Crippen molar-refractivity contribution in [3.63, 3.8) is 0 Å². The van der Waals surface area contributed by atoms with Gasteiger partial charge in [-0.05, 0) is 52.9 Å². The molecular formula is C17H14F3IN2O3. The number of hydrogen-bond donors (Lipinski definition) is 2. The molecule has 0 aliphatic heterocycles. The number of rotatable bonds is 8. The minimum absolute atomic E-state index is 0.00987. The number of amides is 1. The molecule has 0 bridgehead atoms. The number of hydroxylamine groups is 1. The molecule has 0 unspecified atom stereocenters. The lowest BCUT2D eigenvalue weighted by atomic mass is 10.1. The molecular weight excluding hydrogens is 464 g/mol. The van der Waals surface area contributed by atoms with Gasteiger partial charge in [-0.1, -0.05) is 6.58 Å². The van der Waals surface area contributed by atoms with Gasteiger partial charge >= 0.3 is 0 Å². The molecule has 0 heterocycles. The van der Waals surface area contributed by atoms with Gasteiger partial charge in [-0.3, -0.25) is 9.63 Å². The summed E-state index contributed by atoms with van der Waals surface area (Å²) in [7, 11) is 0. The molecule has 0 aliphatic rings. The Kier molecular flexibility index (Phi) is 7.27. The standard InChI is InChI=1S/C17H14F3IN2O3/c1-2-25-7-8-26-23-17(24)11-4-5-12(18)15(20)16(11)22-14-6-3-10(21)9-13(14)19/h2-6,9,22H,1,7-8H2,(H,23,24). The van der Waals surface area contributed by atoms with E-state index in [2.05, 4.69) is 17.4 Å². The molecule has 0 saturated heterocycles. The lowest BCUT2D eigenvalue weighted by molar-refractivity contribution is 0.0145.